The number of rotatable bonds is 4. The van der Waals surface area contributed by atoms with Crippen LogP contribution in [0.15, 0.2) is 118 Å². The van der Waals surface area contributed by atoms with E-state index in [1.165, 1.54) is 29.8 Å². The number of hydrogen-bond donors (Lipinski definition) is 3. The lowest BCUT2D eigenvalue weighted by atomic mass is 9.72. The van der Waals surface area contributed by atoms with Crippen molar-refractivity contribution in [2.75, 3.05) is 11.5 Å². The SMILES string of the molecule is Nc1ccc(S(=O)(=O)c2ccc(N)cc2)cc1.O=C1C(O)=C([C@H]2CC[C@H](c3ccc(Cl)cc3)CC2)C(=O)c2ccccc21. The standard InChI is InChI=1S/C22H19ClO3.C12H12N2O2S/c23-16-11-9-14(10-12-16)13-5-7-15(8-6-13)19-20(24)17-3-1-2-4-18(17)21(25)22(19)26;13-9-1-5-11(6-2-9)17(15,16)12-7-3-10(14)4-8-12/h1-4,9-13,15,26H,5-8H2;1-8H,13-14H2/t13-,15-;. The van der Waals surface area contributed by atoms with E-state index in [1.807, 2.05) is 12.1 Å². The molecule has 1 saturated carbocycles. The Kier molecular flexibility index (Phi) is 8.71. The first kappa shape index (κ1) is 30.1. The van der Waals surface area contributed by atoms with Crippen LogP contribution >= 0.6 is 11.6 Å². The number of hydrogen-bond acceptors (Lipinski definition) is 7. The van der Waals surface area contributed by atoms with E-state index in [4.69, 9.17) is 23.1 Å². The fourth-order valence-corrected chi connectivity index (χ4v) is 7.03. The van der Waals surface area contributed by atoms with Crippen molar-refractivity contribution in [1.82, 2.24) is 0 Å². The van der Waals surface area contributed by atoms with Crippen LogP contribution in [0.25, 0.3) is 0 Å². The van der Waals surface area contributed by atoms with Gasteiger partial charge in [0.15, 0.2) is 11.5 Å². The molecule has 2 aliphatic carbocycles. The van der Waals surface area contributed by atoms with Gasteiger partial charge in [-0.05, 0) is 104 Å². The summed E-state index contributed by atoms with van der Waals surface area (Å²) in [6, 6.07) is 26.8. The van der Waals surface area contributed by atoms with Gasteiger partial charge < -0.3 is 16.6 Å². The summed E-state index contributed by atoms with van der Waals surface area (Å²) in [6.45, 7) is 0. The second kappa shape index (κ2) is 12.5. The summed E-state index contributed by atoms with van der Waals surface area (Å²) in [5.41, 5.74) is 14.4. The molecule has 0 radical (unpaired) electrons. The van der Waals surface area contributed by atoms with Crippen molar-refractivity contribution in [3.05, 3.63) is 130 Å². The third kappa shape index (κ3) is 6.35. The monoisotopic (exact) mass is 614 g/mol. The van der Waals surface area contributed by atoms with Gasteiger partial charge >= 0.3 is 0 Å². The topological polar surface area (TPSA) is 141 Å². The molecule has 4 aromatic carbocycles. The lowest BCUT2D eigenvalue weighted by Crippen LogP contribution is -2.28. The normalized spacial score (nSPS) is 18.4. The first-order chi connectivity index (χ1) is 20.6. The average molecular weight is 615 g/mol. The molecule has 2 aliphatic rings. The van der Waals surface area contributed by atoms with Gasteiger partial charge in [-0.25, -0.2) is 8.42 Å². The highest BCUT2D eigenvalue weighted by Crippen LogP contribution is 2.42. The maximum absolute atomic E-state index is 12.9. The fraction of sp³-hybridized carbons (Fsp3) is 0.176. The average Bonchev–Trinajstić information content (AvgIpc) is 3.02. The summed E-state index contributed by atoms with van der Waals surface area (Å²) < 4.78 is 24.3. The minimum atomic E-state index is -3.48. The predicted molar refractivity (Wildman–Crippen MR) is 168 cm³/mol. The Balaban J connectivity index is 0.000000188. The summed E-state index contributed by atoms with van der Waals surface area (Å²) in [5, 5.41) is 11.1. The molecule has 220 valence electrons. The Hall–Kier alpha value is -4.40. The van der Waals surface area contributed by atoms with Crippen LogP contribution in [-0.2, 0) is 9.84 Å². The van der Waals surface area contributed by atoms with Crippen molar-refractivity contribution in [2.24, 2.45) is 5.92 Å². The van der Waals surface area contributed by atoms with E-state index in [-0.39, 0.29) is 27.3 Å². The summed E-state index contributed by atoms with van der Waals surface area (Å²) in [7, 11) is -3.48. The number of ketones is 2. The maximum Gasteiger partial charge on any atom is 0.228 e. The zero-order valence-electron chi connectivity index (χ0n) is 23.2. The van der Waals surface area contributed by atoms with Gasteiger partial charge in [-0.2, -0.15) is 0 Å². The number of anilines is 2. The summed E-state index contributed by atoms with van der Waals surface area (Å²) in [6.07, 6.45) is 3.42. The molecule has 0 aromatic heterocycles. The highest BCUT2D eigenvalue weighted by molar-refractivity contribution is 7.91. The van der Waals surface area contributed by atoms with Crippen LogP contribution < -0.4 is 11.5 Å². The molecule has 9 heteroatoms. The third-order valence-electron chi connectivity index (χ3n) is 7.99. The molecule has 0 aliphatic heterocycles. The molecular weight excluding hydrogens is 584 g/mol. The van der Waals surface area contributed by atoms with E-state index in [9.17, 15) is 23.1 Å². The van der Waals surface area contributed by atoms with Crippen molar-refractivity contribution in [2.45, 2.75) is 41.4 Å². The van der Waals surface area contributed by atoms with Crippen LogP contribution in [0.5, 0.6) is 0 Å². The van der Waals surface area contributed by atoms with Crippen LogP contribution in [0.2, 0.25) is 5.02 Å². The van der Waals surface area contributed by atoms with E-state index in [1.54, 1.807) is 48.5 Å². The van der Waals surface area contributed by atoms with E-state index < -0.39 is 15.6 Å². The van der Waals surface area contributed by atoms with Crippen LogP contribution in [0.3, 0.4) is 0 Å². The fourth-order valence-electron chi connectivity index (χ4n) is 5.64. The van der Waals surface area contributed by atoms with Crippen LogP contribution in [0.4, 0.5) is 11.4 Å². The van der Waals surface area contributed by atoms with Gasteiger partial charge in [0, 0.05) is 33.1 Å². The molecule has 5 N–H and O–H groups in total. The molecule has 0 heterocycles. The molecule has 7 nitrogen and oxygen atoms in total. The maximum atomic E-state index is 12.9. The number of carbonyl (C=O) groups excluding carboxylic acids is 2. The second-order valence-electron chi connectivity index (χ2n) is 10.7. The van der Waals surface area contributed by atoms with Gasteiger partial charge in [-0.3, -0.25) is 9.59 Å². The number of sulfone groups is 1. The zero-order valence-corrected chi connectivity index (χ0v) is 24.8. The number of aliphatic hydroxyl groups is 1. The summed E-state index contributed by atoms with van der Waals surface area (Å²) >= 11 is 5.96. The van der Waals surface area contributed by atoms with E-state index in [0.29, 0.717) is 34.0 Å². The molecular formula is C34H31ClN2O5S. The number of fused-ring (bicyclic) bond motifs is 1. The van der Waals surface area contributed by atoms with E-state index in [2.05, 4.69) is 12.1 Å². The van der Waals surface area contributed by atoms with Crippen molar-refractivity contribution in [3.8, 4) is 0 Å². The van der Waals surface area contributed by atoms with E-state index >= 15 is 0 Å². The number of Topliss-reactive ketones (excluding diaryl/α,β-unsaturated/α-hetero) is 2. The first-order valence-electron chi connectivity index (χ1n) is 13.9. The number of aliphatic hydroxyl groups excluding tert-OH is 1. The minimum absolute atomic E-state index is 0.0663. The smallest absolute Gasteiger partial charge is 0.228 e. The Bertz CT molecular complexity index is 1740. The molecule has 1 fully saturated rings. The number of benzene rings is 4. The Morgan fingerprint density at radius 3 is 1.56 bits per heavy atom. The Labute approximate surface area is 255 Å². The molecule has 0 amide bonds. The van der Waals surface area contributed by atoms with Crippen LogP contribution in [0, 0.1) is 5.92 Å². The van der Waals surface area contributed by atoms with Gasteiger partial charge in [-0.15, -0.1) is 0 Å². The third-order valence-corrected chi connectivity index (χ3v) is 10.0. The highest BCUT2D eigenvalue weighted by Gasteiger charge is 2.37. The van der Waals surface area contributed by atoms with Gasteiger partial charge in [0.05, 0.1) is 9.79 Å². The molecule has 4 aromatic rings. The number of allylic oxidation sites excluding steroid dienone is 2. The minimum Gasteiger partial charge on any atom is -0.504 e. The van der Waals surface area contributed by atoms with E-state index in [0.717, 1.165) is 30.7 Å². The second-order valence-corrected chi connectivity index (χ2v) is 13.1. The first-order valence-corrected chi connectivity index (χ1v) is 15.8. The molecule has 0 atom stereocenters. The highest BCUT2D eigenvalue weighted by atomic mass is 35.5. The molecule has 0 spiro atoms. The molecule has 43 heavy (non-hydrogen) atoms. The quantitative estimate of drug-likeness (QED) is 0.207. The summed E-state index contributed by atoms with van der Waals surface area (Å²) in [4.78, 5) is 25.8. The van der Waals surface area contributed by atoms with Gasteiger partial charge in [0.25, 0.3) is 0 Å². The molecule has 0 bridgehead atoms. The zero-order chi connectivity index (χ0) is 30.7. The summed E-state index contributed by atoms with van der Waals surface area (Å²) in [5.74, 6) is -0.636. The van der Waals surface area contributed by atoms with Crippen molar-refractivity contribution in [3.63, 3.8) is 0 Å². The van der Waals surface area contributed by atoms with Crippen molar-refractivity contribution < 1.29 is 23.1 Å². The molecule has 0 saturated heterocycles. The lowest BCUT2D eigenvalue weighted by Gasteiger charge is -2.31. The van der Waals surface area contributed by atoms with Gasteiger partial charge in [0.2, 0.25) is 15.6 Å². The van der Waals surface area contributed by atoms with Crippen LogP contribution in [0.1, 0.15) is 57.9 Å². The number of halogens is 1. The Morgan fingerprint density at radius 2 is 1.07 bits per heavy atom. The largest absolute Gasteiger partial charge is 0.504 e. The van der Waals surface area contributed by atoms with Crippen LogP contribution in [-0.4, -0.2) is 25.1 Å². The predicted octanol–water partition coefficient (Wildman–Crippen LogP) is 7.19. The Morgan fingerprint density at radius 1 is 0.628 bits per heavy atom. The number of nitrogen functional groups attached to an aromatic ring is 2. The van der Waals surface area contributed by atoms with Crippen molar-refractivity contribution >= 4 is 44.4 Å². The number of carbonyl (C=O) groups is 2. The van der Waals surface area contributed by atoms with Gasteiger partial charge in [0.1, 0.15) is 0 Å². The molecule has 0 unspecified atom stereocenters. The lowest BCUT2D eigenvalue weighted by molar-refractivity contribution is 0.0914. The van der Waals surface area contributed by atoms with Gasteiger partial charge in [-0.1, -0.05) is 48.0 Å². The molecule has 6 rings (SSSR count). The van der Waals surface area contributed by atoms with Crippen molar-refractivity contribution in [1.29, 1.82) is 0 Å². The number of nitrogens with two attached hydrogens (primary N) is 2.